The van der Waals surface area contributed by atoms with Gasteiger partial charge in [0.25, 0.3) is 5.91 Å². The third-order valence-corrected chi connectivity index (χ3v) is 5.28. The Labute approximate surface area is 175 Å². The molecule has 0 bridgehead atoms. The summed E-state index contributed by atoms with van der Waals surface area (Å²) in [6, 6.07) is 11.9. The zero-order chi connectivity index (χ0) is 21.9. The highest BCUT2D eigenvalue weighted by molar-refractivity contribution is 7.13. The second-order valence-corrected chi connectivity index (χ2v) is 7.46. The number of aromatic nitrogens is 1. The molecule has 0 fully saturated rings. The first-order valence-corrected chi connectivity index (χ1v) is 9.77. The van der Waals surface area contributed by atoms with Gasteiger partial charge < -0.3 is 10.2 Å². The molecule has 3 aromatic rings. The van der Waals surface area contributed by atoms with Crippen molar-refractivity contribution in [3.8, 4) is 10.6 Å². The molecule has 0 radical (unpaired) electrons. The van der Waals surface area contributed by atoms with Gasteiger partial charge in [-0.05, 0) is 23.8 Å². The molecular weight excluding hydrogens is 415 g/mol. The minimum atomic E-state index is -4.45. The molecule has 0 aliphatic rings. The first kappa shape index (κ1) is 21.5. The van der Waals surface area contributed by atoms with E-state index in [1.54, 1.807) is 31.3 Å². The van der Waals surface area contributed by atoms with E-state index in [1.807, 2.05) is 0 Å². The number of hydrogen-bond acceptors (Lipinski definition) is 4. The highest BCUT2D eigenvalue weighted by Gasteiger charge is 2.30. The molecule has 3 rings (SSSR count). The van der Waals surface area contributed by atoms with E-state index < -0.39 is 17.6 Å². The third kappa shape index (κ3) is 5.04. The maximum absolute atomic E-state index is 12.9. The lowest BCUT2D eigenvalue weighted by atomic mass is 10.1. The molecule has 30 heavy (non-hydrogen) atoms. The summed E-state index contributed by atoms with van der Waals surface area (Å²) in [5, 5.41) is 4.57. The number of thiazole rings is 1. The minimum Gasteiger partial charge on any atom is -0.342 e. The van der Waals surface area contributed by atoms with Crippen LogP contribution in [0.1, 0.15) is 28.5 Å². The van der Waals surface area contributed by atoms with E-state index in [1.165, 1.54) is 29.3 Å². The first-order valence-electron chi connectivity index (χ1n) is 8.89. The van der Waals surface area contributed by atoms with Crippen molar-refractivity contribution in [3.63, 3.8) is 0 Å². The number of amides is 2. The normalized spacial score (nSPS) is 11.2. The summed E-state index contributed by atoms with van der Waals surface area (Å²) in [5.41, 5.74) is 0.894. The lowest BCUT2D eigenvalue weighted by molar-refractivity contribution is -0.137. The van der Waals surface area contributed by atoms with Crippen LogP contribution in [0.3, 0.4) is 0 Å². The fraction of sp³-hybridized carbons (Fsp3) is 0.190. The number of alkyl halides is 3. The average molecular weight is 433 g/mol. The number of nitrogens with zero attached hydrogens (tertiary/aromatic N) is 2. The maximum atomic E-state index is 12.9. The largest absolute Gasteiger partial charge is 0.416 e. The van der Waals surface area contributed by atoms with Crippen LogP contribution in [0.4, 0.5) is 18.9 Å². The molecule has 0 aliphatic heterocycles. The molecular formula is C21H18F3N3O2S. The molecule has 2 aromatic carbocycles. The van der Waals surface area contributed by atoms with Crippen LogP contribution in [0.25, 0.3) is 10.6 Å². The van der Waals surface area contributed by atoms with Crippen molar-refractivity contribution >= 4 is 28.8 Å². The second kappa shape index (κ2) is 8.66. The van der Waals surface area contributed by atoms with E-state index in [4.69, 9.17) is 0 Å². The molecule has 0 saturated heterocycles. The molecule has 1 aromatic heterocycles. The zero-order valence-electron chi connectivity index (χ0n) is 16.2. The monoisotopic (exact) mass is 433 g/mol. The highest BCUT2D eigenvalue weighted by atomic mass is 32.1. The third-order valence-electron chi connectivity index (χ3n) is 4.38. The fourth-order valence-corrected chi connectivity index (χ4v) is 3.47. The number of nitrogens with one attached hydrogen (secondary N) is 1. The van der Waals surface area contributed by atoms with Gasteiger partial charge in [0, 0.05) is 37.1 Å². The Kier molecular flexibility index (Phi) is 6.21. The van der Waals surface area contributed by atoms with Gasteiger partial charge in [-0.1, -0.05) is 30.3 Å². The first-order chi connectivity index (χ1) is 14.1. The summed E-state index contributed by atoms with van der Waals surface area (Å²) in [6.45, 7) is 1.77. The van der Waals surface area contributed by atoms with Crippen molar-refractivity contribution in [3.05, 3.63) is 70.7 Å². The summed E-state index contributed by atoms with van der Waals surface area (Å²) in [6.07, 6.45) is -4.45. The van der Waals surface area contributed by atoms with Gasteiger partial charge in [-0.3, -0.25) is 9.59 Å². The van der Waals surface area contributed by atoms with Crippen molar-refractivity contribution in [2.24, 2.45) is 0 Å². The standard InChI is InChI=1S/C21H18F3N3O2S/c1-13(28)27(2)11-15-6-3-4-9-17(15)25-19(29)18-12-30-20(26-18)14-7-5-8-16(10-14)21(22,23)24/h3-10,12H,11H2,1-2H3,(H,25,29). The SMILES string of the molecule is CC(=O)N(C)Cc1ccccc1NC(=O)c1csc(-c2cccc(C(F)(F)F)c2)n1. The molecule has 0 atom stereocenters. The van der Waals surface area contributed by atoms with Gasteiger partial charge in [0.05, 0.1) is 5.56 Å². The van der Waals surface area contributed by atoms with Gasteiger partial charge in [-0.15, -0.1) is 11.3 Å². The van der Waals surface area contributed by atoms with Crippen LogP contribution in [-0.4, -0.2) is 28.7 Å². The quantitative estimate of drug-likeness (QED) is 0.612. The van der Waals surface area contributed by atoms with E-state index in [2.05, 4.69) is 10.3 Å². The number of carbonyl (C=O) groups is 2. The topological polar surface area (TPSA) is 62.3 Å². The number of anilines is 1. The predicted molar refractivity (Wildman–Crippen MR) is 109 cm³/mol. The van der Waals surface area contributed by atoms with Crippen LogP contribution >= 0.6 is 11.3 Å². The molecule has 156 valence electrons. The molecule has 1 N–H and O–H groups in total. The Bertz CT molecular complexity index is 1080. The summed E-state index contributed by atoms with van der Waals surface area (Å²) >= 11 is 1.09. The Hall–Kier alpha value is -3.20. The lowest BCUT2D eigenvalue weighted by Crippen LogP contribution is -2.24. The van der Waals surface area contributed by atoms with Gasteiger partial charge >= 0.3 is 6.18 Å². The van der Waals surface area contributed by atoms with Crippen molar-refractivity contribution < 1.29 is 22.8 Å². The number of rotatable bonds is 5. The van der Waals surface area contributed by atoms with Crippen LogP contribution in [0.2, 0.25) is 0 Å². The highest BCUT2D eigenvalue weighted by Crippen LogP contribution is 2.33. The number of carbonyl (C=O) groups excluding carboxylic acids is 2. The van der Waals surface area contributed by atoms with Gasteiger partial charge in [-0.2, -0.15) is 13.2 Å². The maximum Gasteiger partial charge on any atom is 0.416 e. The molecule has 5 nitrogen and oxygen atoms in total. The lowest BCUT2D eigenvalue weighted by Gasteiger charge is -2.17. The van der Waals surface area contributed by atoms with Crippen LogP contribution in [0.5, 0.6) is 0 Å². The van der Waals surface area contributed by atoms with Crippen LogP contribution in [0, 0.1) is 0 Å². The molecule has 9 heteroatoms. The Morgan fingerprint density at radius 2 is 1.87 bits per heavy atom. The molecule has 0 spiro atoms. The zero-order valence-corrected chi connectivity index (χ0v) is 17.0. The smallest absolute Gasteiger partial charge is 0.342 e. The van der Waals surface area contributed by atoms with E-state index >= 15 is 0 Å². The Morgan fingerprint density at radius 1 is 1.13 bits per heavy atom. The van der Waals surface area contributed by atoms with E-state index in [-0.39, 0.29) is 17.2 Å². The molecule has 2 amide bonds. The van der Waals surface area contributed by atoms with Crippen LogP contribution in [0.15, 0.2) is 53.9 Å². The molecule has 0 saturated carbocycles. The van der Waals surface area contributed by atoms with Crippen molar-refractivity contribution in [2.45, 2.75) is 19.6 Å². The summed E-state index contributed by atoms with van der Waals surface area (Å²) < 4.78 is 38.8. The van der Waals surface area contributed by atoms with Gasteiger partial charge in [0.2, 0.25) is 5.91 Å². The number of para-hydroxylation sites is 1. The van der Waals surface area contributed by atoms with Crippen molar-refractivity contribution in [2.75, 3.05) is 12.4 Å². The predicted octanol–water partition coefficient (Wildman–Crippen LogP) is 5.06. The fourth-order valence-electron chi connectivity index (χ4n) is 2.67. The molecule has 1 heterocycles. The summed E-state index contributed by atoms with van der Waals surface area (Å²) in [4.78, 5) is 29.8. The summed E-state index contributed by atoms with van der Waals surface area (Å²) in [5.74, 6) is -0.594. The van der Waals surface area contributed by atoms with Crippen LogP contribution < -0.4 is 5.32 Å². The Morgan fingerprint density at radius 3 is 2.57 bits per heavy atom. The van der Waals surface area contributed by atoms with Crippen molar-refractivity contribution in [1.29, 1.82) is 0 Å². The summed E-state index contributed by atoms with van der Waals surface area (Å²) in [7, 11) is 1.66. The van der Waals surface area contributed by atoms with E-state index in [9.17, 15) is 22.8 Å². The van der Waals surface area contributed by atoms with Gasteiger partial charge in [-0.25, -0.2) is 4.98 Å². The average Bonchev–Trinajstić information content (AvgIpc) is 3.19. The molecule has 0 unspecified atom stereocenters. The minimum absolute atomic E-state index is 0.0992. The number of hydrogen-bond donors (Lipinski definition) is 1. The second-order valence-electron chi connectivity index (χ2n) is 6.60. The van der Waals surface area contributed by atoms with E-state index in [0.717, 1.165) is 29.0 Å². The van der Waals surface area contributed by atoms with Gasteiger partial charge in [0.1, 0.15) is 10.7 Å². The number of halogens is 3. The van der Waals surface area contributed by atoms with Gasteiger partial charge in [0.15, 0.2) is 0 Å². The van der Waals surface area contributed by atoms with E-state index in [0.29, 0.717) is 17.2 Å². The Balaban J connectivity index is 1.79. The van der Waals surface area contributed by atoms with Crippen LogP contribution in [-0.2, 0) is 17.5 Å². The number of benzene rings is 2. The molecule has 0 aliphatic carbocycles. The van der Waals surface area contributed by atoms with Crippen molar-refractivity contribution in [1.82, 2.24) is 9.88 Å².